The number of aryl methyl sites for hydroxylation is 1. The van der Waals surface area contributed by atoms with Crippen molar-refractivity contribution in [3.8, 4) is 0 Å². The number of hydrogen-bond donors (Lipinski definition) is 0. The fourth-order valence-electron chi connectivity index (χ4n) is 4.26. The number of aromatic nitrogens is 2. The zero-order chi connectivity index (χ0) is 22.3. The smallest absolute Gasteiger partial charge is 0.254 e. The second-order valence-electron chi connectivity index (χ2n) is 8.48. The zero-order valence-corrected chi connectivity index (χ0v) is 18.3. The van der Waals surface area contributed by atoms with Crippen molar-refractivity contribution in [1.29, 1.82) is 0 Å². The molecular weight excluding hydrogens is 413 g/mol. The highest BCUT2D eigenvalue weighted by Crippen LogP contribution is 2.14. The number of carbonyl (C=O) groups is 2. The predicted octanol–water partition coefficient (Wildman–Crippen LogP) is 2.50. The van der Waals surface area contributed by atoms with Gasteiger partial charge in [-0.25, -0.2) is 4.39 Å². The maximum Gasteiger partial charge on any atom is 0.254 e. The summed E-state index contributed by atoms with van der Waals surface area (Å²) in [6.45, 7) is 4.71. The van der Waals surface area contributed by atoms with Crippen LogP contribution in [0.5, 0.6) is 0 Å². The van der Waals surface area contributed by atoms with Crippen molar-refractivity contribution < 1.29 is 18.5 Å². The van der Waals surface area contributed by atoms with Gasteiger partial charge in [0.2, 0.25) is 11.8 Å². The van der Waals surface area contributed by atoms with Gasteiger partial charge in [0.25, 0.3) is 5.91 Å². The monoisotopic (exact) mass is 443 g/mol. The van der Waals surface area contributed by atoms with E-state index in [9.17, 15) is 14.0 Å². The number of likely N-dealkylation sites (tertiary alicyclic amines) is 1. The Balaban J connectivity index is 1.21. The van der Waals surface area contributed by atoms with Gasteiger partial charge in [0.05, 0.1) is 6.54 Å². The van der Waals surface area contributed by atoms with Crippen LogP contribution in [0.15, 0.2) is 28.8 Å². The summed E-state index contributed by atoms with van der Waals surface area (Å²) in [5.74, 6) is 0.677. The quantitative estimate of drug-likeness (QED) is 0.682. The summed E-state index contributed by atoms with van der Waals surface area (Å²) in [7, 11) is 0. The first-order valence-electron chi connectivity index (χ1n) is 11.4. The van der Waals surface area contributed by atoms with Gasteiger partial charge < -0.3 is 14.3 Å². The maximum absolute atomic E-state index is 13.4. The Labute approximate surface area is 187 Å². The molecule has 4 rings (SSSR count). The lowest BCUT2D eigenvalue weighted by Crippen LogP contribution is -2.48. The Kier molecular flexibility index (Phi) is 7.47. The fraction of sp³-hybridized carbons (Fsp3) is 0.565. The Morgan fingerprint density at radius 1 is 0.969 bits per heavy atom. The molecule has 1 aromatic carbocycles. The molecule has 0 bridgehead atoms. The fourth-order valence-corrected chi connectivity index (χ4v) is 4.26. The first-order chi connectivity index (χ1) is 15.6. The number of carbonyl (C=O) groups excluding carboxylic acids is 2. The van der Waals surface area contributed by atoms with Crippen LogP contribution in [0.3, 0.4) is 0 Å². The number of amides is 2. The van der Waals surface area contributed by atoms with Crippen molar-refractivity contribution in [1.82, 2.24) is 24.8 Å². The Hall–Kier alpha value is -2.81. The Bertz CT molecular complexity index is 918. The third-order valence-electron chi connectivity index (χ3n) is 6.12. The van der Waals surface area contributed by atoms with Crippen LogP contribution in [0.25, 0.3) is 0 Å². The molecule has 1 aromatic heterocycles. The van der Waals surface area contributed by atoms with Crippen LogP contribution < -0.4 is 0 Å². The molecule has 2 fully saturated rings. The van der Waals surface area contributed by atoms with Gasteiger partial charge in [-0.2, -0.15) is 4.98 Å². The van der Waals surface area contributed by atoms with Gasteiger partial charge in [-0.05, 0) is 31.0 Å². The van der Waals surface area contributed by atoms with Crippen LogP contribution in [-0.4, -0.2) is 75.9 Å². The van der Waals surface area contributed by atoms with E-state index in [4.69, 9.17) is 4.52 Å². The number of halogens is 1. The first-order valence-corrected chi connectivity index (χ1v) is 11.4. The standard InChI is InChI=1S/C23H30FN5O3/c24-19-7-5-6-18(16-19)23(31)29-14-12-27(13-15-29)17-20-25-21(32-26-20)8-9-22(30)28-10-3-1-2-4-11-28/h5-7,16H,1-4,8-15,17H2. The van der Waals surface area contributed by atoms with E-state index in [1.807, 2.05) is 4.90 Å². The second kappa shape index (κ2) is 10.7. The van der Waals surface area contributed by atoms with Crippen molar-refractivity contribution in [3.05, 3.63) is 47.4 Å². The van der Waals surface area contributed by atoms with Crippen LogP contribution in [0.1, 0.15) is 54.2 Å². The van der Waals surface area contributed by atoms with Crippen molar-refractivity contribution in [2.24, 2.45) is 0 Å². The van der Waals surface area contributed by atoms with E-state index < -0.39 is 5.82 Å². The molecular formula is C23H30FN5O3. The SMILES string of the molecule is O=C(CCc1nc(CN2CCN(C(=O)c3cccc(F)c3)CC2)no1)N1CCCCCC1. The minimum Gasteiger partial charge on any atom is -0.343 e. The number of rotatable bonds is 6. The summed E-state index contributed by atoms with van der Waals surface area (Å²) >= 11 is 0. The van der Waals surface area contributed by atoms with Gasteiger partial charge >= 0.3 is 0 Å². The van der Waals surface area contributed by atoms with Crippen molar-refractivity contribution in [2.75, 3.05) is 39.3 Å². The summed E-state index contributed by atoms with van der Waals surface area (Å²) in [5, 5.41) is 4.05. The molecule has 2 aromatic rings. The molecule has 2 aliphatic heterocycles. The third-order valence-corrected chi connectivity index (χ3v) is 6.12. The highest BCUT2D eigenvalue weighted by atomic mass is 19.1. The molecule has 2 aliphatic rings. The Morgan fingerprint density at radius 3 is 2.44 bits per heavy atom. The summed E-state index contributed by atoms with van der Waals surface area (Å²) in [4.78, 5) is 35.3. The summed E-state index contributed by atoms with van der Waals surface area (Å²) in [6, 6.07) is 5.79. The lowest BCUT2D eigenvalue weighted by Gasteiger charge is -2.34. The van der Waals surface area contributed by atoms with Gasteiger partial charge in [-0.15, -0.1) is 0 Å². The molecule has 2 amide bonds. The average molecular weight is 444 g/mol. The molecule has 8 nitrogen and oxygen atoms in total. The lowest BCUT2D eigenvalue weighted by atomic mass is 10.1. The topological polar surface area (TPSA) is 82.8 Å². The number of piperazine rings is 1. The molecule has 0 aliphatic carbocycles. The van der Waals surface area contributed by atoms with Crippen LogP contribution in [0.4, 0.5) is 4.39 Å². The molecule has 0 N–H and O–H groups in total. The number of nitrogens with zero attached hydrogens (tertiary/aromatic N) is 5. The molecule has 0 saturated carbocycles. The van der Waals surface area contributed by atoms with Crippen LogP contribution in [0.2, 0.25) is 0 Å². The number of hydrogen-bond acceptors (Lipinski definition) is 6. The molecule has 172 valence electrons. The molecule has 32 heavy (non-hydrogen) atoms. The van der Waals surface area contributed by atoms with E-state index in [2.05, 4.69) is 15.0 Å². The average Bonchev–Trinajstić information content (AvgIpc) is 3.07. The highest BCUT2D eigenvalue weighted by molar-refractivity contribution is 5.94. The van der Waals surface area contributed by atoms with E-state index >= 15 is 0 Å². The predicted molar refractivity (Wildman–Crippen MR) is 115 cm³/mol. The Morgan fingerprint density at radius 2 is 1.72 bits per heavy atom. The van der Waals surface area contributed by atoms with Crippen LogP contribution >= 0.6 is 0 Å². The molecule has 0 spiro atoms. The highest BCUT2D eigenvalue weighted by Gasteiger charge is 2.24. The third kappa shape index (κ3) is 5.91. The van der Waals surface area contributed by atoms with Crippen LogP contribution in [-0.2, 0) is 17.8 Å². The molecule has 0 atom stereocenters. The molecule has 2 saturated heterocycles. The molecule has 0 unspecified atom stereocenters. The second-order valence-corrected chi connectivity index (χ2v) is 8.48. The van der Waals surface area contributed by atoms with Crippen molar-refractivity contribution >= 4 is 11.8 Å². The number of benzene rings is 1. The minimum atomic E-state index is -0.407. The van der Waals surface area contributed by atoms with Crippen molar-refractivity contribution in [2.45, 2.75) is 45.1 Å². The van der Waals surface area contributed by atoms with Gasteiger partial charge in [0.1, 0.15) is 5.82 Å². The molecule has 9 heteroatoms. The van der Waals surface area contributed by atoms with Gasteiger partial charge in [0.15, 0.2) is 5.82 Å². The van der Waals surface area contributed by atoms with E-state index in [1.165, 1.54) is 25.0 Å². The zero-order valence-electron chi connectivity index (χ0n) is 18.3. The van der Waals surface area contributed by atoms with Crippen LogP contribution in [0, 0.1) is 5.82 Å². The van der Waals surface area contributed by atoms with E-state index in [0.29, 0.717) is 62.8 Å². The summed E-state index contributed by atoms with van der Waals surface area (Å²) in [6.07, 6.45) is 5.41. The minimum absolute atomic E-state index is 0.153. The van der Waals surface area contributed by atoms with E-state index in [-0.39, 0.29) is 11.8 Å². The summed E-state index contributed by atoms with van der Waals surface area (Å²) < 4.78 is 18.7. The molecule has 0 radical (unpaired) electrons. The van der Waals surface area contributed by atoms with Gasteiger partial charge in [0, 0.05) is 57.7 Å². The largest absolute Gasteiger partial charge is 0.343 e. The van der Waals surface area contributed by atoms with Crippen molar-refractivity contribution in [3.63, 3.8) is 0 Å². The normalized spacial score (nSPS) is 17.9. The molecule has 3 heterocycles. The summed E-state index contributed by atoms with van der Waals surface area (Å²) in [5.41, 5.74) is 0.371. The maximum atomic E-state index is 13.4. The lowest BCUT2D eigenvalue weighted by molar-refractivity contribution is -0.131. The van der Waals surface area contributed by atoms with Gasteiger partial charge in [-0.3, -0.25) is 14.5 Å². The van der Waals surface area contributed by atoms with E-state index in [0.717, 1.165) is 25.9 Å². The van der Waals surface area contributed by atoms with E-state index in [1.54, 1.807) is 17.0 Å². The van der Waals surface area contributed by atoms with Gasteiger partial charge in [-0.1, -0.05) is 24.1 Å². The first kappa shape index (κ1) is 22.4.